The van der Waals surface area contributed by atoms with Gasteiger partial charge in [0.1, 0.15) is 24.0 Å². The summed E-state index contributed by atoms with van der Waals surface area (Å²) in [4.78, 5) is 14.6. The summed E-state index contributed by atoms with van der Waals surface area (Å²) in [5, 5.41) is 21.3. The van der Waals surface area contributed by atoms with Crippen LogP contribution in [0.5, 0.6) is 5.75 Å². The van der Waals surface area contributed by atoms with Crippen LogP contribution in [0.4, 0.5) is 10.3 Å². The van der Waals surface area contributed by atoms with Crippen molar-refractivity contribution >= 4 is 33.6 Å². The van der Waals surface area contributed by atoms with Crippen LogP contribution in [0.1, 0.15) is 16.7 Å². The van der Waals surface area contributed by atoms with Crippen molar-refractivity contribution in [3.05, 3.63) is 70.8 Å². The molecule has 1 saturated heterocycles. The van der Waals surface area contributed by atoms with Gasteiger partial charge < -0.3 is 14.4 Å². The molecule has 0 spiro atoms. The molecule has 1 fully saturated rings. The van der Waals surface area contributed by atoms with E-state index in [1.807, 2.05) is 49.4 Å². The number of nitriles is 1. The molecule has 1 aliphatic rings. The zero-order valence-electron chi connectivity index (χ0n) is 18.2. The first kappa shape index (κ1) is 22.5. The Kier molecular flexibility index (Phi) is 7.29. The Balaban J connectivity index is 1.35. The zero-order valence-corrected chi connectivity index (χ0v) is 19.0. The maximum absolute atomic E-state index is 12.6. The van der Waals surface area contributed by atoms with E-state index < -0.39 is 5.91 Å². The molecule has 0 radical (unpaired) electrons. The normalized spacial score (nSPS) is 13.9. The molecule has 0 atom stereocenters. The predicted molar refractivity (Wildman–Crippen MR) is 127 cm³/mol. The number of aryl methyl sites for hydroxylation is 1. The molecule has 1 N–H and O–H groups in total. The Morgan fingerprint density at radius 2 is 1.91 bits per heavy atom. The minimum absolute atomic E-state index is 0.0218. The summed E-state index contributed by atoms with van der Waals surface area (Å²) in [6.07, 6.45) is 1.53. The molecule has 3 aromatic rings. The highest BCUT2D eigenvalue weighted by Gasteiger charge is 2.18. The quantitative estimate of drug-likeness (QED) is 0.422. The van der Waals surface area contributed by atoms with Crippen LogP contribution in [0.3, 0.4) is 0 Å². The summed E-state index contributed by atoms with van der Waals surface area (Å²) in [6, 6.07) is 17.3. The molecule has 1 aromatic heterocycles. The maximum atomic E-state index is 12.6. The highest BCUT2D eigenvalue weighted by molar-refractivity contribution is 7.19. The number of rotatable bonds is 7. The first-order chi connectivity index (χ1) is 16.1. The number of hydrogen-bond donors (Lipinski definition) is 1. The van der Waals surface area contributed by atoms with Crippen molar-refractivity contribution in [3.63, 3.8) is 0 Å². The lowest BCUT2D eigenvalue weighted by atomic mass is 10.1. The van der Waals surface area contributed by atoms with Crippen LogP contribution < -0.4 is 15.0 Å². The molecule has 1 aliphatic heterocycles. The van der Waals surface area contributed by atoms with E-state index in [0.29, 0.717) is 30.7 Å². The van der Waals surface area contributed by atoms with Crippen LogP contribution in [0.15, 0.2) is 54.1 Å². The third-order valence-electron chi connectivity index (χ3n) is 5.00. The fourth-order valence-electron chi connectivity index (χ4n) is 3.14. The summed E-state index contributed by atoms with van der Waals surface area (Å²) in [7, 11) is 0. The van der Waals surface area contributed by atoms with Crippen molar-refractivity contribution in [1.29, 1.82) is 5.26 Å². The standard InChI is InChI=1S/C24H23N5O3S/c1-17-2-4-19(5-3-17)16-32-21-8-6-18(7-9-21)14-20(15-25)22(30)26-23-27-28-24(33-23)29-10-12-31-13-11-29/h2-9,14H,10-13,16H2,1H3,(H,26,27,30)/b20-14-. The summed E-state index contributed by atoms with van der Waals surface area (Å²) in [5.74, 6) is 0.182. The average molecular weight is 462 g/mol. The second kappa shape index (κ2) is 10.7. The third-order valence-corrected chi connectivity index (χ3v) is 5.90. The highest BCUT2D eigenvalue weighted by Crippen LogP contribution is 2.25. The van der Waals surface area contributed by atoms with Gasteiger partial charge in [-0.25, -0.2) is 0 Å². The van der Waals surface area contributed by atoms with Gasteiger partial charge in [-0.1, -0.05) is 53.3 Å². The van der Waals surface area contributed by atoms with Crippen LogP contribution in [0.2, 0.25) is 0 Å². The molecule has 1 amide bonds. The Hall–Kier alpha value is -3.74. The molecule has 33 heavy (non-hydrogen) atoms. The van der Waals surface area contributed by atoms with Crippen molar-refractivity contribution < 1.29 is 14.3 Å². The van der Waals surface area contributed by atoms with Gasteiger partial charge in [0, 0.05) is 13.1 Å². The number of nitrogens with zero attached hydrogens (tertiary/aromatic N) is 4. The van der Waals surface area contributed by atoms with Crippen LogP contribution in [0, 0.1) is 18.3 Å². The first-order valence-corrected chi connectivity index (χ1v) is 11.3. The Bertz CT molecular complexity index is 1160. The van der Waals surface area contributed by atoms with Gasteiger partial charge in [0.05, 0.1) is 13.2 Å². The van der Waals surface area contributed by atoms with Crippen molar-refractivity contribution in [3.8, 4) is 11.8 Å². The van der Waals surface area contributed by atoms with Crippen molar-refractivity contribution in [2.75, 3.05) is 36.5 Å². The van der Waals surface area contributed by atoms with E-state index in [9.17, 15) is 10.1 Å². The van der Waals surface area contributed by atoms with Crippen LogP contribution in [0.25, 0.3) is 6.08 Å². The number of nitrogens with one attached hydrogen (secondary N) is 1. The van der Waals surface area contributed by atoms with E-state index in [0.717, 1.165) is 29.3 Å². The molecular formula is C24H23N5O3S. The molecule has 2 heterocycles. The molecule has 0 saturated carbocycles. The molecule has 8 nitrogen and oxygen atoms in total. The van der Waals surface area contributed by atoms with Crippen LogP contribution >= 0.6 is 11.3 Å². The Morgan fingerprint density at radius 1 is 1.18 bits per heavy atom. The lowest BCUT2D eigenvalue weighted by molar-refractivity contribution is -0.112. The van der Waals surface area contributed by atoms with Gasteiger partial charge in [0.15, 0.2) is 0 Å². The summed E-state index contributed by atoms with van der Waals surface area (Å²) >= 11 is 1.27. The summed E-state index contributed by atoms with van der Waals surface area (Å²) in [6.45, 7) is 5.25. The van der Waals surface area contributed by atoms with Gasteiger partial charge in [-0.15, -0.1) is 10.2 Å². The van der Waals surface area contributed by atoms with Crippen LogP contribution in [-0.2, 0) is 16.1 Å². The predicted octanol–water partition coefficient (Wildman–Crippen LogP) is 3.81. The summed E-state index contributed by atoms with van der Waals surface area (Å²) in [5.41, 5.74) is 2.99. The molecule has 0 bridgehead atoms. The minimum atomic E-state index is -0.526. The summed E-state index contributed by atoms with van der Waals surface area (Å²) < 4.78 is 11.1. The smallest absolute Gasteiger partial charge is 0.268 e. The van der Waals surface area contributed by atoms with Crippen molar-refractivity contribution in [1.82, 2.24) is 10.2 Å². The number of carbonyl (C=O) groups is 1. The van der Waals surface area contributed by atoms with Gasteiger partial charge in [-0.3, -0.25) is 10.1 Å². The number of carbonyl (C=O) groups excluding carboxylic acids is 1. The minimum Gasteiger partial charge on any atom is -0.489 e. The zero-order chi connectivity index (χ0) is 23.0. The fraction of sp³-hybridized carbons (Fsp3) is 0.250. The molecule has 4 rings (SSSR count). The molecule has 2 aromatic carbocycles. The van der Waals surface area contributed by atoms with Gasteiger partial charge in [-0.2, -0.15) is 5.26 Å². The number of morpholine rings is 1. The van der Waals surface area contributed by atoms with Crippen molar-refractivity contribution in [2.24, 2.45) is 0 Å². The monoisotopic (exact) mass is 461 g/mol. The van der Waals surface area contributed by atoms with E-state index in [4.69, 9.17) is 9.47 Å². The van der Waals surface area contributed by atoms with Gasteiger partial charge >= 0.3 is 0 Å². The van der Waals surface area contributed by atoms with E-state index in [1.165, 1.54) is 23.0 Å². The molecular weight excluding hydrogens is 438 g/mol. The number of amides is 1. The van der Waals surface area contributed by atoms with E-state index in [1.54, 1.807) is 12.1 Å². The van der Waals surface area contributed by atoms with Gasteiger partial charge in [0.2, 0.25) is 10.3 Å². The second-order valence-electron chi connectivity index (χ2n) is 7.46. The van der Waals surface area contributed by atoms with Gasteiger partial charge in [0.25, 0.3) is 5.91 Å². The number of aromatic nitrogens is 2. The molecule has 9 heteroatoms. The fourth-order valence-corrected chi connectivity index (χ4v) is 3.93. The number of benzene rings is 2. The van der Waals surface area contributed by atoms with E-state index in [-0.39, 0.29) is 5.57 Å². The molecule has 0 unspecified atom stereocenters. The lowest BCUT2D eigenvalue weighted by Gasteiger charge is -2.25. The first-order valence-electron chi connectivity index (χ1n) is 10.5. The topological polar surface area (TPSA) is 100 Å². The lowest BCUT2D eigenvalue weighted by Crippen LogP contribution is -2.36. The number of hydrogen-bond acceptors (Lipinski definition) is 8. The third kappa shape index (κ3) is 6.16. The van der Waals surface area contributed by atoms with E-state index >= 15 is 0 Å². The number of ether oxygens (including phenoxy) is 2. The highest BCUT2D eigenvalue weighted by atomic mass is 32.1. The number of anilines is 2. The average Bonchev–Trinajstić information content (AvgIpc) is 3.32. The largest absolute Gasteiger partial charge is 0.489 e. The van der Waals surface area contributed by atoms with Gasteiger partial charge in [-0.05, 0) is 36.3 Å². The maximum Gasteiger partial charge on any atom is 0.268 e. The SMILES string of the molecule is Cc1ccc(COc2ccc(/C=C(/C#N)C(=O)Nc3nnc(N4CCOCC4)s3)cc2)cc1. The van der Waals surface area contributed by atoms with E-state index in [2.05, 4.69) is 20.4 Å². The van der Waals surface area contributed by atoms with Crippen LogP contribution in [-0.4, -0.2) is 42.4 Å². The second-order valence-corrected chi connectivity index (χ2v) is 8.41. The Morgan fingerprint density at radius 3 is 2.61 bits per heavy atom. The molecule has 168 valence electrons. The van der Waals surface area contributed by atoms with Crippen molar-refractivity contribution in [2.45, 2.75) is 13.5 Å². The Labute approximate surface area is 196 Å². The molecule has 0 aliphatic carbocycles.